The first-order valence-electron chi connectivity index (χ1n) is 11.8. The number of carbonyl (C=O) groups is 2. The molecular weight excluding hydrogens is 523 g/mol. The molecule has 0 saturated heterocycles. The van der Waals surface area contributed by atoms with Gasteiger partial charge in [-0.3, -0.25) is 9.59 Å². The van der Waals surface area contributed by atoms with Crippen molar-refractivity contribution < 1.29 is 18.7 Å². The predicted molar refractivity (Wildman–Crippen MR) is 143 cm³/mol. The van der Waals surface area contributed by atoms with E-state index in [1.807, 2.05) is 48.5 Å². The van der Waals surface area contributed by atoms with Crippen molar-refractivity contribution in [2.24, 2.45) is 0 Å². The number of nitrogens with one attached hydrogen (secondary N) is 1. The Bertz CT molecular complexity index is 1180. The third-order valence-electron chi connectivity index (χ3n) is 5.93. The molecule has 36 heavy (non-hydrogen) atoms. The van der Waals surface area contributed by atoms with Crippen molar-refractivity contribution in [3.8, 4) is 5.75 Å². The summed E-state index contributed by atoms with van der Waals surface area (Å²) in [5.74, 6) is -0.464. The van der Waals surface area contributed by atoms with Gasteiger partial charge in [-0.1, -0.05) is 69.3 Å². The van der Waals surface area contributed by atoms with Gasteiger partial charge in [-0.05, 0) is 62.3 Å². The van der Waals surface area contributed by atoms with Gasteiger partial charge >= 0.3 is 0 Å². The topological polar surface area (TPSA) is 58.6 Å². The Balaban J connectivity index is 1.86. The van der Waals surface area contributed by atoms with Gasteiger partial charge in [-0.15, -0.1) is 0 Å². The number of carbonyl (C=O) groups excluding carboxylic acids is 2. The second-order valence-corrected chi connectivity index (χ2v) is 10.5. The van der Waals surface area contributed by atoms with E-state index in [-0.39, 0.29) is 36.2 Å². The van der Waals surface area contributed by atoms with E-state index in [0.717, 1.165) is 15.6 Å². The number of hydrogen-bond donors (Lipinski definition) is 1. The Labute approximate surface area is 220 Å². The highest BCUT2D eigenvalue weighted by Crippen LogP contribution is 2.31. The zero-order valence-corrected chi connectivity index (χ0v) is 22.6. The van der Waals surface area contributed by atoms with Gasteiger partial charge in [0.1, 0.15) is 17.6 Å². The normalized spacial score (nSPS) is 12.1. The van der Waals surface area contributed by atoms with Crippen molar-refractivity contribution >= 4 is 27.7 Å². The molecule has 7 heteroatoms. The van der Waals surface area contributed by atoms with E-state index in [1.165, 1.54) is 17.0 Å². The van der Waals surface area contributed by atoms with E-state index in [4.69, 9.17) is 4.74 Å². The van der Waals surface area contributed by atoms with E-state index in [1.54, 1.807) is 19.2 Å². The first kappa shape index (κ1) is 27.4. The van der Waals surface area contributed by atoms with E-state index in [2.05, 4.69) is 42.0 Å². The number of hydrogen-bond acceptors (Lipinski definition) is 3. The molecule has 1 atom stereocenters. The van der Waals surface area contributed by atoms with E-state index in [0.29, 0.717) is 17.7 Å². The molecule has 3 aromatic rings. The summed E-state index contributed by atoms with van der Waals surface area (Å²) in [6, 6.07) is 20.5. The van der Waals surface area contributed by atoms with Gasteiger partial charge in [0.25, 0.3) is 5.91 Å². The fraction of sp³-hybridized carbons (Fsp3) is 0.310. The molecule has 1 N–H and O–H groups in total. The molecule has 0 aromatic heterocycles. The molecule has 5 nitrogen and oxygen atoms in total. The summed E-state index contributed by atoms with van der Waals surface area (Å²) in [5.41, 5.74) is 2.74. The minimum absolute atomic E-state index is 0.0268. The summed E-state index contributed by atoms with van der Waals surface area (Å²) in [7, 11) is 1.55. The van der Waals surface area contributed by atoms with Crippen molar-refractivity contribution in [1.82, 2.24) is 10.2 Å². The van der Waals surface area contributed by atoms with Gasteiger partial charge in [0, 0.05) is 20.0 Å². The van der Waals surface area contributed by atoms with Crippen LogP contribution in [0.15, 0.2) is 77.3 Å². The summed E-state index contributed by atoms with van der Waals surface area (Å²) >= 11 is 3.55. The number of amides is 2. The number of ether oxygens (including phenoxy) is 1. The van der Waals surface area contributed by atoms with Crippen LogP contribution in [-0.4, -0.2) is 36.4 Å². The molecule has 0 aliphatic rings. The molecule has 190 valence electrons. The maximum Gasteiger partial charge on any atom is 0.261 e. The number of benzene rings is 3. The average molecular weight is 555 g/mol. The average Bonchev–Trinajstić information content (AvgIpc) is 2.86. The first-order valence-corrected chi connectivity index (χ1v) is 12.6. The van der Waals surface area contributed by atoms with Gasteiger partial charge in [0.15, 0.2) is 6.61 Å². The fourth-order valence-electron chi connectivity index (χ4n) is 3.81. The largest absolute Gasteiger partial charge is 0.483 e. The lowest BCUT2D eigenvalue weighted by molar-refractivity contribution is -0.142. The number of halogens is 2. The third-order valence-corrected chi connectivity index (χ3v) is 6.55. The quantitative estimate of drug-likeness (QED) is 0.371. The lowest BCUT2D eigenvalue weighted by Crippen LogP contribution is -2.51. The van der Waals surface area contributed by atoms with Gasteiger partial charge < -0.3 is 15.0 Å². The van der Waals surface area contributed by atoms with Crippen LogP contribution in [0, 0.1) is 5.82 Å². The molecule has 0 unspecified atom stereocenters. The maximum absolute atomic E-state index is 13.5. The monoisotopic (exact) mass is 554 g/mol. The molecule has 3 rings (SSSR count). The summed E-state index contributed by atoms with van der Waals surface area (Å²) in [6.07, 6.45) is 0.331. The second-order valence-electron chi connectivity index (χ2n) is 9.65. The van der Waals surface area contributed by atoms with Crippen LogP contribution >= 0.6 is 15.9 Å². The van der Waals surface area contributed by atoms with Gasteiger partial charge in [-0.2, -0.15) is 0 Å². The minimum atomic E-state index is -0.773. The molecule has 2 amide bonds. The highest BCUT2D eigenvalue weighted by molar-refractivity contribution is 9.10. The number of rotatable bonds is 9. The number of nitrogens with zero attached hydrogens (tertiary/aromatic N) is 1. The van der Waals surface area contributed by atoms with Crippen LogP contribution in [0.2, 0.25) is 0 Å². The van der Waals surface area contributed by atoms with Crippen LogP contribution in [0.1, 0.15) is 37.5 Å². The minimum Gasteiger partial charge on any atom is -0.483 e. The SMILES string of the molecule is CNC(=O)[C@H](Cc1ccccc1)N(Cc1ccc(F)cc1)C(=O)COc1ccc(C(C)(C)C)cc1Br. The van der Waals surface area contributed by atoms with Gasteiger partial charge in [0.2, 0.25) is 5.91 Å². The van der Waals surface area contributed by atoms with Crippen LogP contribution in [0.4, 0.5) is 4.39 Å². The Morgan fingerprint density at radius 2 is 1.67 bits per heavy atom. The van der Waals surface area contributed by atoms with Crippen molar-refractivity contribution in [3.05, 3.63) is 99.8 Å². The van der Waals surface area contributed by atoms with Crippen LogP contribution in [-0.2, 0) is 28.0 Å². The van der Waals surface area contributed by atoms with Crippen molar-refractivity contribution in [2.75, 3.05) is 13.7 Å². The molecular formula is C29H32BrFN2O3. The van der Waals surface area contributed by atoms with Gasteiger partial charge in [-0.25, -0.2) is 4.39 Å². The molecule has 0 bridgehead atoms. The summed E-state index contributed by atoms with van der Waals surface area (Å²) < 4.78 is 20.1. The summed E-state index contributed by atoms with van der Waals surface area (Å²) in [5, 5.41) is 2.68. The molecule has 0 heterocycles. The summed E-state index contributed by atoms with van der Waals surface area (Å²) in [4.78, 5) is 28.0. The van der Waals surface area contributed by atoms with Crippen LogP contribution in [0.5, 0.6) is 5.75 Å². The number of likely N-dealkylation sites (N-methyl/N-ethyl adjacent to an activating group) is 1. The van der Waals surface area contributed by atoms with Gasteiger partial charge in [0.05, 0.1) is 4.47 Å². The van der Waals surface area contributed by atoms with Crippen LogP contribution < -0.4 is 10.1 Å². The van der Waals surface area contributed by atoms with Crippen molar-refractivity contribution in [1.29, 1.82) is 0 Å². The molecule has 0 fully saturated rings. The molecule has 0 aliphatic carbocycles. The molecule has 0 saturated carbocycles. The lowest BCUT2D eigenvalue weighted by atomic mass is 9.87. The Kier molecular flexibility index (Phi) is 9.26. The molecule has 3 aromatic carbocycles. The summed E-state index contributed by atoms with van der Waals surface area (Å²) in [6.45, 7) is 6.25. The highest BCUT2D eigenvalue weighted by Gasteiger charge is 2.30. The van der Waals surface area contributed by atoms with Crippen molar-refractivity contribution in [3.63, 3.8) is 0 Å². The fourth-order valence-corrected chi connectivity index (χ4v) is 4.31. The zero-order chi connectivity index (χ0) is 26.3. The Morgan fingerprint density at radius 3 is 2.25 bits per heavy atom. The molecule has 0 spiro atoms. The predicted octanol–water partition coefficient (Wildman–Crippen LogP) is 5.65. The van der Waals surface area contributed by atoms with E-state index in [9.17, 15) is 14.0 Å². The first-order chi connectivity index (χ1) is 17.1. The van der Waals surface area contributed by atoms with Crippen molar-refractivity contribution in [2.45, 2.75) is 45.2 Å². The molecule has 0 radical (unpaired) electrons. The standard InChI is InChI=1S/C29H32BrFN2O3/c1-29(2,3)22-12-15-26(24(30)17-22)36-19-27(34)33(18-21-10-13-23(31)14-11-21)25(28(35)32-4)16-20-8-6-5-7-9-20/h5-15,17,25H,16,18-19H2,1-4H3,(H,32,35)/t25-/m0/s1. The Morgan fingerprint density at radius 1 is 1.00 bits per heavy atom. The Hall–Kier alpha value is -3.19. The van der Waals surface area contributed by atoms with E-state index >= 15 is 0 Å². The zero-order valence-electron chi connectivity index (χ0n) is 21.1. The smallest absolute Gasteiger partial charge is 0.261 e. The molecule has 0 aliphatic heterocycles. The second kappa shape index (κ2) is 12.2. The highest BCUT2D eigenvalue weighted by atomic mass is 79.9. The third kappa shape index (κ3) is 7.40. The van der Waals surface area contributed by atoms with Crippen LogP contribution in [0.3, 0.4) is 0 Å². The maximum atomic E-state index is 13.5. The lowest BCUT2D eigenvalue weighted by Gasteiger charge is -2.31. The van der Waals surface area contributed by atoms with E-state index < -0.39 is 6.04 Å². The van der Waals surface area contributed by atoms with Crippen LogP contribution in [0.25, 0.3) is 0 Å².